The highest BCUT2D eigenvalue weighted by molar-refractivity contribution is 9.10. The molecule has 0 saturated heterocycles. The normalized spacial score (nSPS) is 26.4. The Morgan fingerprint density at radius 3 is 2.55 bits per heavy atom. The van der Waals surface area contributed by atoms with Crippen molar-refractivity contribution in [2.75, 3.05) is 21.3 Å². The maximum absolute atomic E-state index is 11.1. The molecule has 1 fully saturated rings. The lowest BCUT2D eigenvalue weighted by molar-refractivity contribution is -0.123. The lowest BCUT2D eigenvalue weighted by Crippen LogP contribution is -2.43. The van der Waals surface area contributed by atoms with Gasteiger partial charge in [-0.2, -0.15) is 0 Å². The molecule has 1 aromatic rings. The van der Waals surface area contributed by atoms with Gasteiger partial charge in [-0.3, -0.25) is 0 Å². The van der Waals surface area contributed by atoms with E-state index >= 15 is 0 Å². The SMILES string of the molecule is COc1ccc(C2(O)CCCCC2OC)c(OC)c1Br. The van der Waals surface area contributed by atoms with E-state index in [1.165, 1.54) is 0 Å². The first-order chi connectivity index (χ1) is 9.58. The van der Waals surface area contributed by atoms with E-state index in [0.29, 0.717) is 22.4 Å². The van der Waals surface area contributed by atoms with Crippen molar-refractivity contribution in [2.45, 2.75) is 37.4 Å². The molecule has 1 N–H and O–H groups in total. The minimum atomic E-state index is -1.02. The maximum atomic E-state index is 11.1. The van der Waals surface area contributed by atoms with Crippen LogP contribution in [0, 0.1) is 0 Å². The van der Waals surface area contributed by atoms with Gasteiger partial charge in [0.05, 0.1) is 20.3 Å². The minimum absolute atomic E-state index is 0.217. The molecule has 1 saturated carbocycles. The van der Waals surface area contributed by atoms with E-state index in [2.05, 4.69) is 15.9 Å². The van der Waals surface area contributed by atoms with Gasteiger partial charge in [-0.25, -0.2) is 0 Å². The van der Waals surface area contributed by atoms with Crippen LogP contribution in [0.2, 0.25) is 0 Å². The van der Waals surface area contributed by atoms with Crippen LogP contribution >= 0.6 is 15.9 Å². The van der Waals surface area contributed by atoms with Gasteiger partial charge in [-0.05, 0) is 40.9 Å². The number of benzene rings is 1. The molecule has 0 spiro atoms. The van der Waals surface area contributed by atoms with Crippen molar-refractivity contribution in [3.05, 3.63) is 22.2 Å². The molecular formula is C15H21BrO4. The summed E-state index contributed by atoms with van der Waals surface area (Å²) in [4.78, 5) is 0. The van der Waals surface area contributed by atoms with Crippen LogP contribution in [-0.2, 0) is 10.3 Å². The average Bonchev–Trinajstić information content (AvgIpc) is 2.47. The number of hydrogen-bond donors (Lipinski definition) is 1. The maximum Gasteiger partial charge on any atom is 0.142 e. The van der Waals surface area contributed by atoms with Gasteiger partial charge in [0, 0.05) is 12.7 Å². The second-order valence-electron chi connectivity index (χ2n) is 5.06. The first-order valence-corrected chi connectivity index (χ1v) is 7.54. The third-order valence-electron chi connectivity index (χ3n) is 4.04. The van der Waals surface area contributed by atoms with Crippen molar-refractivity contribution < 1.29 is 19.3 Å². The van der Waals surface area contributed by atoms with Crippen LogP contribution < -0.4 is 9.47 Å². The van der Waals surface area contributed by atoms with E-state index < -0.39 is 5.60 Å². The van der Waals surface area contributed by atoms with Crippen LogP contribution in [0.4, 0.5) is 0 Å². The summed E-state index contributed by atoms with van der Waals surface area (Å²) in [6.07, 6.45) is 3.34. The monoisotopic (exact) mass is 344 g/mol. The van der Waals surface area contributed by atoms with E-state index in [-0.39, 0.29) is 6.10 Å². The van der Waals surface area contributed by atoms with Crippen molar-refractivity contribution in [2.24, 2.45) is 0 Å². The van der Waals surface area contributed by atoms with Gasteiger partial charge in [-0.1, -0.05) is 12.8 Å². The first kappa shape index (κ1) is 15.6. The molecule has 0 radical (unpaired) electrons. The molecule has 5 heteroatoms. The summed E-state index contributed by atoms with van der Waals surface area (Å²) in [5.74, 6) is 1.29. The summed E-state index contributed by atoms with van der Waals surface area (Å²) < 4.78 is 17.0. The standard InChI is InChI=1S/C15H21BrO4/c1-18-11-8-7-10(14(20-3)13(11)16)15(17)9-5-4-6-12(15)19-2/h7-8,12,17H,4-6,9H2,1-3H3. The summed E-state index contributed by atoms with van der Waals surface area (Å²) in [6, 6.07) is 3.70. The zero-order valence-electron chi connectivity index (χ0n) is 12.1. The van der Waals surface area contributed by atoms with Gasteiger partial charge in [-0.15, -0.1) is 0 Å². The number of ether oxygens (including phenoxy) is 3. The Balaban J connectivity index is 2.52. The highest BCUT2D eigenvalue weighted by atomic mass is 79.9. The second kappa shape index (κ2) is 6.33. The highest BCUT2D eigenvalue weighted by Crippen LogP contribution is 2.47. The molecule has 2 unspecified atom stereocenters. The molecule has 0 bridgehead atoms. The fraction of sp³-hybridized carbons (Fsp3) is 0.600. The first-order valence-electron chi connectivity index (χ1n) is 6.74. The van der Waals surface area contributed by atoms with Crippen LogP contribution in [0.5, 0.6) is 11.5 Å². The van der Waals surface area contributed by atoms with Gasteiger partial charge in [0.2, 0.25) is 0 Å². The van der Waals surface area contributed by atoms with Gasteiger partial charge in [0.1, 0.15) is 21.6 Å². The van der Waals surface area contributed by atoms with Gasteiger partial charge >= 0.3 is 0 Å². The quantitative estimate of drug-likeness (QED) is 0.910. The molecular weight excluding hydrogens is 324 g/mol. The predicted octanol–water partition coefficient (Wildman–Crippen LogP) is 3.24. The zero-order chi connectivity index (χ0) is 14.8. The van der Waals surface area contributed by atoms with Crippen LogP contribution in [-0.4, -0.2) is 32.5 Å². The van der Waals surface area contributed by atoms with Crippen molar-refractivity contribution in [1.29, 1.82) is 0 Å². The number of halogens is 1. The van der Waals surface area contributed by atoms with E-state index in [4.69, 9.17) is 14.2 Å². The summed E-state index contributed by atoms with van der Waals surface area (Å²) in [5.41, 5.74) is -0.271. The van der Waals surface area contributed by atoms with Crippen LogP contribution in [0.3, 0.4) is 0 Å². The zero-order valence-corrected chi connectivity index (χ0v) is 13.7. The van der Waals surface area contributed by atoms with E-state index in [0.717, 1.165) is 24.8 Å². The molecule has 2 atom stereocenters. The third kappa shape index (κ3) is 2.54. The van der Waals surface area contributed by atoms with Crippen molar-refractivity contribution in [3.8, 4) is 11.5 Å². The molecule has 20 heavy (non-hydrogen) atoms. The lowest BCUT2D eigenvalue weighted by Gasteiger charge is -2.40. The Kier molecular flexibility index (Phi) is 4.94. The number of rotatable bonds is 4. The molecule has 1 aliphatic carbocycles. The van der Waals surface area contributed by atoms with Crippen molar-refractivity contribution in [3.63, 3.8) is 0 Å². The van der Waals surface area contributed by atoms with Crippen molar-refractivity contribution >= 4 is 15.9 Å². The number of hydrogen-bond acceptors (Lipinski definition) is 4. The molecule has 2 rings (SSSR count). The molecule has 4 nitrogen and oxygen atoms in total. The minimum Gasteiger partial charge on any atom is -0.495 e. The summed E-state index contributed by atoms with van der Waals surface area (Å²) >= 11 is 3.48. The Hall–Kier alpha value is -0.780. The molecule has 1 aromatic carbocycles. The average molecular weight is 345 g/mol. The molecule has 1 aliphatic rings. The van der Waals surface area contributed by atoms with E-state index in [1.807, 2.05) is 12.1 Å². The summed E-state index contributed by atoms with van der Waals surface area (Å²) in [6.45, 7) is 0. The van der Waals surface area contributed by atoms with Crippen LogP contribution in [0.25, 0.3) is 0 Å². The predicted molar refractivity (Wildman–Crippen MR) is 80.4 cm³/mol. The smallest absolute Gasteiger partial charge is 0.142 e. The summed E-state index contributed by atoms with van der Waals surface area (Å²) in [5, 5.41) is 11.1. The molecule has 112 valence electrons. The molecule has 0 aromatic heterocycles. The summed E-state index contributed by atoms with van der Waals surface area (Å²) in [7, 11) is 4.84. The third-order valence-corrected chi connectivity index (χ3v) is 4.79. The topological polar surface area (TPSA) is 47.9 Å². The van der Waals surface area contributed by atoms with Crippen LogP contribution in [0.15, 0.2) is 16.6 Å². The molecule has 0 aliphatic heterocycles. The largest absolute Gasteiger partial charge is 0.495 e. The van der Waals surface area contributed by atoms with Crippen molar-refractivity contribution in [1.82, 2.24) is 0 Å². The Morgan fingerprint density at radius 1 is 1.20 bits per heavy atom. The Morgan fingerprint density at radius 2 is 1.95 bits per heavy atom. The fourth-order valence-corrected chi connectivity index (χ4v) is 3.65. The highest BCUT2D eigenvalue weighted by Gasteiger charge is 2.43. The Labute approximate surface area is 128 Å². The van der Waals surface area contributed by atoms with E-state index in [1.54, 1.807) is 21.3 Å². The van der Waals surface area contributed by atoms with Gasteiger partial charge in [0.25, 0.3) is 0 Å². The number of aliphatic hydroxyl groups is 1. The van der Waals surface area contributed by atoms with Gasteiger partial charge < -0.3 is 19.3 Å². The second-order valence-corrected chi connectivity index (χ2v) is 5.85. The van der Waals surface area contributed by atoms with Gasteiger partial charge in [0.15, 0.2) is 0 Å². The Bertz CT molecular complexity index is 477. The van der Waals surface area contributed by atoms with E-state index in [9.17, 15) is 5.11 Å². The molecule has 0 amide bonds. The molecule has 0 heterocycles. The lowest BCUT2D eigenvalue weighted by atomic mass is 9.77. The fourth-order valence-electron chi connectivity index (χ4n) is 2.98. The van der Waals surface area contributed by atoms with Crippen LogP contribution in [0.1, 0.15) is 31.2 Å². The number of methoxy groups -OCH3 is 3.